The number of esters is 1. The maximum Gasteiger partial charge on any atom is 0.331 e. The molecule has 0 heterocycles. The summed E-state index contributed by atoms with van der Waals surface area (Å²) >= 11 is 5.73. The summed E-state index contributed by atoms with van der Waals surface area (Å²) in [6.45, 7) is -0.403. The molecule has 0 bridgehead atoms. The zero-order valence-electron chi connectivity index (χ0n) is 12.3. The molecule has 122 valence electrons. The molecule has 0 N–H and O–H groups in total. The van der Waals surface area contributed by atoms with E-state index in [9.17, 15) is 19.7 Å². The lowest BCUT2D eigenvalue weighted by atomic mass is 10.1. The van der Waals surface area contributed by atoms with Crippen LogP contribution in [-0.2, 0) is 9.53 Å². The standard InChI is InChI=1S/C17H12ClNO5/c18-14-7-5-13(6-8-14)16(20)11-24-17(21)9-4-12-2-1-3-15(10-12)19(22)23/h1-10H,11H2. The maximum absolute atomic E-state index is 11.8. The topological polar surface area (TPSA) is 86.5 Å². The Morgan fingerprint density at radius 3 is 2.54 bits per heavy atom. The van der Waals surface area contributed by atoms with Crippen LogP contribution in [0.25, 0.3) is 6.08 Å². The van der Waals surface area contributed by atoms with E-state index in [1.165, 1.54) is 36.4 Å². The van der Waals surface area contributed by atoms with E-state index in [1.54, 1.807) is 18.2 Å². The average Bonchev–Trinajstić information content (AvgIpc) is 2.58. The van der Waals surface area contributed by atoms with Crippen LogP contribution in [0.15, 0.2) is 54.6 Å². The minimum atomic E-state index is -0.719. The molecule has 0 saturated heterocycles. The lowest BCUT2D eigenvalue weighted by Gasteiger charge is -2.02. The van der Waals surface area contributed by atoms with Gasteiger partial charge in [0.25, 0.3) is 5.69 Å². The number of hydrogen-bond donors (Lipinski definition) is 0. The number of nitrogens with zero attached hydrogens (tertiary/aromatic N) is 1. The van der Waals surface area contributed by atoms with Crippen molar-refractivity contribution in [2.24, 2.45) is 0 Å². The number of nitro benzene ring substituents is 1. The van der Waals surface area contributed by atoms with Crippen LogP contribution in [0, 0.1) is 10.1 Å². The van der Waals surface area contributed by atoms with E-state index in [1.807, 2.05) is 0 Å². The molecule has 0 fully saturated rings. The summed E-state index contributed by atoms with van der Waals surface area (Å²) in [5.74, 6) is -1.08. The molecule has 2 aromatic rings. The van der Waals surface area contributed by atoms with Crippen LogP contribution in [-0.4, -0.2) is 23.3 Å². The second-order valence-electron chi connectivity index (χ2n) is 4.72. The van der Waals surface area contributed by atoms with Crippen LogP contribution in [0.5, 0.6) is 0 Å². The van der Waals surface area contributed by atoms with E-state index >= 15 is 0 Å². The molecule has 2 aromatic carbocycles. The van der Waals surface area contributed by atoms with Crippen molar-refractivity contribution in [1.82, 2.24) is 0 Å². The third kappa shape index (κ3) is 5.03. The third-order valence-corrected chi connectivity index (χ3v) is 3.26. The number of Topliss-reactive ketones (excluding diaryl/α,β-unsaturated/α-hetero) is 1. The van der Waals surface area contributed by atoms with Crippen molar-refractivity contribution in [3.8, 4) is 0 Å². The van der Waals surface area contributed by atoms with E-state index in [4.69, 9.17) is 16.3 Å². The van der Waals surface area contributed by atoms with Crippen LogP contribution < -0.4 is 0 Å². The van der Waals surface area contributed by atoms with Gasteiger partial charge in [0.1, 0.15) is 0 Å². The lowest BCUT2D eigenvalue weighted by molar-refractivity contribution is -0.384. The van der Waals surface area contributed by atoms with Crippen molar-refractivity contribution < 1.29 is 19.2 Å². The highest BCUT2D eigenvalue weighted by Gasteiger charge is 2.08. The van der Waals surface area contributed by atoms with Crippen LogP contribution in [0.1, 0.15) is 15.9 Å². The quantitative estimate of drug-likeness (QED) is 0.262. The molecule has 6 nitrogen and oxygen atoms in total. The molecule has 0 radical (unpaired) electrons. The maximum atomic E-state index is 11.8. The Balaban J connectivity index is 1.91. The van der Waals surface area contributed by atoms with Crippen LogP contribution >= 0.6 is 11.6 Å². The molecule has 0 atom stereocenters. The molecule has 0 aliphatic heterocycles. The first kappa shape index (κ1) is 17.4. The molecular weight excluding hydrogens is 334 g/mol. The number of rotatable bonds is 6. The van der Waals surface area contributed by atoms with Gasteiger partial charge in [0.2, 0.25) is 0 Å². The highest BCUT2D eigenvalue weighted by atomic mass is 35.5. The number of carbonyl (C=O) groups is 2. The number of non-ortho nitro benzene ring substituents is 1. The van der Waals surface area contributed by atoms with Gasteiger partial charge in [-0.1, -0.05) is 23.7 Å². The largest absolute Gasteiger partial charge is 0.454 e. The molecular formula is C17H12ClNO5. The Labute approximate surface area is 142 Å². The summed E-state index contributed by atoms with van der Waals surface area (Å²) < 4.78 is 4.85. The monoisotopic (exact) mass is 345 g/mol. The smallest absolute Gasteiger partial charge is 0.331 e. The van der Waals surface area contributed by atoms with Crippen molar-refractivity contribution >= 4 is 35.1 Å². The highest BCUT2D eigenvalue weighted by Crippen LogP contribution is 2.14. The second-order valence-corrected chi connectivity index (χ2v) is 5.16. The van der Waals surface area contributed by atoms with Gasteiger partial charge in [0.15, 0.2) is 12.4 Å². The molecule has 24 heavy (non-hydrogen) atoms. The number of carbonyl (C=O) groups excluding carboxylic acids is 2. The van der Waals surface area contributed by atoms with Gasteiger partial charge in [0, 0.05) is 28.8 Å². The van der Waals surface area contributed by atoms with E-state index in [0.29, 0.717) is 16.1 Å². The first-order valence-electron chi connectivity index (χ1n) is 6.84. The normalized spacial score (nSPS) is 10.5. The van der Waals surface area contributed by atoms with Crippen molar-refractivity contribution in [3.05, 3.63) is 80.9 Å². The second kappa shape index (κ2) is 8.03. The molecule has 0 amide bonds. The number of benzene rings is 2. The van der Waals surface area contributed by atoms with Gasteiger partial charge in [-0.3, -0.25) is 14.9 Å². The van der Waals surface area contributed by atoms with Crippen molar-refractivity contribution in [2.45, 2.75) is 0 Å². The van der Waals surface area contributed by atoms with Crippen LogP contribution in [0.2, 0.25) is 5.02 Å². The molecule has 0 aromatic heterocycles. The van der Waals surface area contributed by atoms with Gasteiger partial charge in [-0.15, -0.1) is 0 Å². The van der Waals surface area contributed by atoms with Gasteiger partial charge < -0.3 is 4.74 Å². The van der Waals surface area contributed by atoms with Gasteiger partial charge in [-0.2, -0.15) is 0 Å². The SMILES string of the molecule is O=C(C=Cc1cccc([N+](=O)[O-])c1)OCC(=O)c1ccc(Cl)cc1. The molecule has 0 spiro atoms. The number of ketones is 1. The minimum absolute atomic E-state index is 0.0802. The summed E-state index contributed by atoms with van der Waals surface area (Å²) in [4.78, 5) is 33.6. The fourth-order valence-corrected chi connectivity index (χ4v) is 1.94. The first-order valence-corrected chi connectivity index (χ1v) is 7.21. The predicted molar refractivity (Wildman–Crippen MR) is 88.9 cm³/mol. The Kier molecular flexibility index (Phi) is 5.81. The zero-order chi connectivity index (χ0) is 17.5. The van der Waals surface area contributed by atoms with Gasteiger partial charge in [0.05, 0.1) is 4.92 Å². The fraction of sp³-hybridized carbons (Fsp3) is 0.0588. The Hall–Kier alpha value is -2.99. The minimum Gasteiger partial charge on any atom is -0.454 e. The third-order valence-electron chi connectivity index (χ3n) is 3.00. The summed E-state index contributed by atoms with van der Waals surface area (Å²) in [7, 11) is 0. The van der Waals surface area contributed by atoms with E-state index in [0.717, 1.165) is 6.08 Å². The van der Waals surface area contributed by atoms with Crippen LogP contribution in [0.3, 0.4) is 0 Å². The molecule has 2 rings (SSSR count). The number of hydrogen-bond acceptors (Lipinski definition) is 5. The molecule has 0 aliphatic rings. The molecule has 0 saturated carbocycles. The Morgan fingerprint density at radius 1 is 1.17 bits per heavy atom. The van der Waals surface area contributed by atoms with E-state index in [2.05, 4.69) is 0 Å². The molecule has 0 unspecified atom stereocenters. The molecule has 0 aliphatic carbocycles. The van der Waals surface area contributed by atoms with Gasteiger partial charge >= 0.3 is 5.97 Å². The van der Waals surface area contributed by atoms with Crippen molar-refractivity contribution in [3.63, 3.8) is 0 Å². The highest BCUT2D eigenvalue weighted by molar-refractivity contribution is 6.30. The number of nitro groups is 1. The Morgan fingerprint density at radius 2 is 1.88 bits per heavy atom. The van der Waals surface area contributed by atoms with E-state index in [-0.39, 0.29) is 11.5 Å². The van der Waals surface area contributed by atoms with Gasteiger partial charge in [-0.25, -0.2) is 4.79 Å². The van der Waals surface area contributed by atoms with Gasteiger partial charge in [-0.05, 0) is 35.9 Å². The van der Waals surface area contributed by atoms with Crippen molar-refractivity contribution in [2.75, 3.05) is 6.61 Å². The Bertz CT molecular complexity index is 799. The summed E-state index contributed by atoms with van der Waals surface area (Å²) in [5, 5.41) is 11.2. The lowest BCUT2D eigenvalue weighted by Crippen LogP contribution is -2.12. The molecule has 7 heteroatoms. The van der Waals surface area contributed by atoms with E-state index < -0.39 is 17.5 Å². The first-order chi connectivity index (χ1) is 11.5. The zero-order valence-corrected chi connectivity index (χ0v) is 13.1. The summed E-state index contributed by atoms with van der Waals surface area (Å²) in [6, 6.07) is 12.0. The number of ether oxygens (including phenoxy) is 1. The predicted octanol–water partition coefficient (Wildman–Crippen LogP) is 3.69. The summed E-state index contributed by atoms with van der Waals surface area (Å²) in [5.41, 5.74) is 0.781. The average molecular weight is 346 g/mol. The van der Waals surface area contributed by atoms with Crippen LogP contribution in [0.4, 0.5) is 5.69 Å². The fourth-order valence-electron chi connectivity index (χ4n) is 1.81. The number of halogens is 1. The van der Waals surface area contributed by atoms with Crippen molar-refractivity contribution in [1.29, 1.82) is 0 Å². The summed E-state index contributed by atoms with van der Waals surface area (Å²) in [6.07, 6.45) is 2.48.